The topological polar surface area (TPSA) is 23.6 Å². The zero-order valence-corrected chi connectivity index (χ0v) is 23.6. The monoisotopic (exact) mass is 510 g/mol. The summed E-state index contributed by atoms with van der Waals surface area (Å²) < 4.78 is 0. The van der Waals surface area contributed by atoms with Gasteiger partial charge in [-0.1, -0.05) is 136 Å². The first-order valence-electron chi connectivity index (χ1n) is 14.3. The van der Waals surface area contributed by atoms with E-state index in [-0.39, 0.29) is 17.9 Å². The second kappa shape index (κ2) is 16.6. The highest BCUT2D eigenvalue weighted by Crippen LogP contribution is 2.22. The Balaban J connectivity index is 1.90. The van der Waals surface area contributed by atoms with Gasteiger partial charge in [-0.25, -0.2) is 0 Å². The van der Waals surface area contributed by atoms with Crippen molar-refractivity contribution in [2.45, 2.75) is 71.0 Å². The summed E-state index contributed by atoms with van der Waals surface area (Å²) in [6, 6.07) is 32.5. The van der Waals surface area contributed by atoms with E-state index in [9.17, 15) is 4.79 Å². The maximum absolute atomic E-state index is 12.7. The van der Waals surface area contributed by atoms with Gasteiger partial charge in [0.2, 0.25) is 5.91 Å². The molecule has 0 spiro atoms. The van der Waals surface area contributed by atoms with Gasteiger partial charge in [-0.15, -0.1) is 0 Å². The molecular formula is C35H46N2O. The van der Waals surface area contributed by atoms with Gasteiger partial charge in [0.25, 0.3) is 0 Å². The first kappa shape index (κ1) is 29.4. The number of benzene rings is 3. The minimum absolute atomic E-state index is 0.208. The van der Waals surface area contributed by atoms with E-state index in [0.717, 1.165) is 25.9 Å². The van der Waals surface area contributed by atoms with E-state index in [1.165, 1.54) is 42.4 Å². The van der Waals surface area contributed by atoms with E-state index in [1.807, 2.05) is 14.1 Å². The van der Waals surface area contributed by atoms with Crippen molar-refractivity contribution in [2.24, 2.45) is 5.92 Å². The Morgan fingerprint density at radius 3 is 1.74 bits per heavy atom. The highest BCUT2D eigenvalue weighted by atomic mass is 16.2. The van der Waals surface area contributed by atoms with Crippen LogP contribution in [0, 0.1) is 5.92 Å². The Labute approximate surface area is 231 Å². The van der Waals surface area contributed by atoms with Gasteiger partial charge < -0.3 is 4.90 Å². The molecule has 3 heteroatoms. The van der Waals surface area contributed by atoms with Crippen LogP contribution in [0.25, 0.3) is 0 Å². The molecule has 0 heterocycles. The van der Waals surface area contributed by atoms with Crippen molar-refractivity contribution in [2.75, 3.05) is 14.1 Å². The van der Waals surface area contributed by atoms with E-state index in [1.54, 1.807) is 4.90 Å². The SMILES string of the molecule is CCCCCC[C@H](/C=C/[C@H](Cc1ccccc1)N(Cc1ccccc1)Cc1ccccc1)CC(=O)N(C)C. The normalized spacial score (nSPS) is 13.1. The summed E-state index contributed by atoms with van der Waals surface area (Å²) in [6.07, 6.45) is 12.2. The second-order valence-electron chi connectivity index (χ2n) is 10.6. The molecule has 3 rings (SSSR count). The van der Waals surface area contributed by atoms with Crippen LogP contribution in [0.1, 0.15) is 62.1 Å². The fraction of sp³-hybridized carbons (Fsp3) is 0.400. The zero-order valence-electron chi connectivity index (χ0n) is 23.6. The standard InChI is InChI=1S/C35H46N2O/c1-4-5-6-10-19-31(27-35(38)36(2)3)24-25-34(26-30-17-11-7-12-18-30)37(28-32-20-13-8-14-21-32)29-33-22-15-9-16-23-33/h7-9,11-18,20-25,31,34H,4-6,10,19,26-29H2,1-3H3/b25-24+/t31-,34-/m1/s1. The van der Waals surface area contributed by atoms with Crippen molar-refractivity contribution >= 4 is 5.91 Å². The summed E-state index contributed by atoms with van der Waals surface area (Å²) in [6.45, 7) is 3.99. The Kier molecular flexibility index (Phi) is 12.9. The van der Waals surface area contributed by atoms with Crippen molar-refractivity contribution in [1.29, 1.82) is 0 Å². The molecule has 38 heavy (non-hydrogen) atoms. The number of carbonyl (C=O) groups is 1. The Morgan fingerprint density at radius 1 is 0.711 bits per heavy atom. The van der Waals surface area contributed by atoms with Crippen molar-refractivity contribution < 1.29 is 4.79 Å². The van der Waals surface area contributed by atoms with Crippen LogP contribution in [0.5, 0.6) is 0 Å². The molecule has 0 aromatic heterocycles. The highest BCUT2D eigenvalue weighted by Gasteiger charge is 2.19. The molecule has 0 aliphatic carbocycles. The predicted octanol–water partition coefficient (Wildman–Crippen LogP) is 7.92. The van der Waals surface area contributed by atoms with Gasteiger partial charge in [0, 0.05) is 39.6 Å². The highest BCUT2D eigenvalue weighted by molar-refractivity contribution is 5.76. The molecule has 1 amide bonds. The molecule has 0 N–H and O–H groups in total. The number of amides is 1. The molecule has 2 atom stereocenters. The molecule has 3 aromatic carbocycles. The summed E-state index contributed by atoms with van der Waals surface area (Å²) >= 11 is 0. The fourth-order valence-corrected chi connectivity index (χ4v) is 4.89. The van der Waals surface area contributed by atoms with E-state index in [4.69, 9.17) is 0 Å². The number of hydrogen-bond acceptors (Lipinski definition) is 2. The van der Waals surface area contributed by atoms with Gasteiger partial charge in [-0.2, -0.15) is 0 Å². The lowest BCUT2D eigenvalue weighted by Gasteiger charge is -2.31. The van der Waals surface area contributed by atoms with Crippen LogP contribution in [0.3, 0.4) is 0 Å². The van der Waals surface area contributed by atoms with Crippen LogP contribution in [0.2, 0.25) is 0 Å². The van der Waals surface area contributed by atoms with Crippen LogP contribution in [0.4, 0.5) is 0 Å². The average Bonchev–Trinajstić information content (AvgIpc) is 2.94. The maximum Gasteiger partial charge on any atom is 0.222 e. The minimum Gasteiger partial charge on any atom is -0.349 e. The van der Waals surface area contributed by atoms with Crippen LogP contribution in [-0.4, -0.2) is 35.8 Å². The van der Waals surface area contributed by atoms with Gasteiger partial charge >= 0.3 is 0 Å². The molecule has 3 aromatic rings. The summed E-state index contributed by atoms with van der Waals surface area (Å²) in [4.78, 5) is 17.0. The lowest BCUT2D eigenvalue weighted by atomic mass is 9.94. The van der Waals surface area contributed by atoms with Gasteiger partial charge in [0.05, 0.1) is 0 Å². The molecule has 202 valence electrons. The van der Waals surface area contributed by atoms with Gasteiger partial charge in [-0.3, -0.25) is 9.69 Å². The Morgan fingerprint density at radius 2 is 1.24 bits per heavy atom. The molecule has 0 unspecified atom stereocenters. The average molecular weight is 511 g/mol. The molecular weight excluding hydrogens is 464 g/mol. The fourth-order valence-electron chi connectivity index (χ4n) is 4.89. The van der Waals surface area contributed by atoms with Crippen molar-refractivity contribution in [3.05, 3.63) is 120 Å². The van der Waals surface area contributed by atoms with Crippen molar-refractivity contribution in [3.63, 3.8) is 0 Å². The van der Waals surface area contributed by atoms with Gasteiger partial charge in [0.15, 0.2) is 0 Å². The van der Waals surface area contributed by atoms with Gasteiger partial charge in [-0.05, 0) is 35.4 Å². The van der Waals surface area contributed by atoms with Crippen LogP contribution >= 0.6 is 0 Å². The predicted molar refractivity (Wildman–Crippen MR) is 161 cm³/mol. The summed E-state index contributed by atoms with van der Waals surface area (Å²) in [5.41, 5.74) is 3.96. The van der Waals surface area contributed by atoms with E-state index >= 15 is 0 Å². The van der Waals surface area contributed by atoms with E-state index in [0.29, 0.717) is 6.42 Å². The molecule has 0 fully saturated rings. The number of unbranched alkanes of at least 4 members (excludes halogenated alkanes) is 3. The first-order valence-corrected chi connectivity index (χ1v) is 14.3. The maximum atomic E-state index is 12.7. The molecule has 0 radical (unpaired) electrons. The molecule has 0 aliphatic rings. The third kappa shape index (κ3) is 10.7. The summed E-state index contributed by atoms with van der Waals surface area (Å²) in [5, 5.41) is 0. The number of nitrogens with zero attached hydrogens (tertiary/aromatic N) is 2. The molecule has 0 bridgehead atoms. The number of hydrogen-bond donors (Lipinski definition) is 0. The van der Waals surface area contributed by atoms with E-state index in [2.05, 4.69) is 115 Å². The molecule has 0 saturated heterocycles. The Bertz CT molecular complexity index is 1020. The van der Waals surface area contributed by atoms with Crippen molar-refractivity contribution in [1.82, 2.24) is 9.80 Å². The quantitative estimate of drug-likeness (QED) is 0.144. The minimum atomic E-state index is 0.208. The van der Waals surface area contributed by atoms with Crippen LogP contribution in [0.15, 0.2) is 103 Å². The molecule has 0 aliphatic heterocycles. The summed E-state index contributed by atoms with van der Waals surface area (Å²) in [5.74, 6) is 0.468. The molecule has 3 nitrogen and oxygen atoms in total. The largest absolute Gasteiger partial charge is 0.349 e. The first-order chi connectivity index (χ1) is 18.5. The Hall–Kier alpha value is -3.17. The van der Waals surface area contributed by atoms with Gasteiger partial charge in [0.1, 0.15) is 0 Å². The lowest BCUT2D eigenvalue weighted by molar-refractivity contribution is -0.129. The number of rotatable bonds is 16. The second-order valence-corrected chi connectivity index (χ2v) is 10.6. The van der Waals surface area contributed by atoms with Crippen molar-refractivity contribution in [3.8, 4) is 0 Å². The summed E-state index contributed by atoms with van der Waals surface area (Å²) in [7, 11) is 3.72. The third-order valence-electron chi connectivity index (χ3n) is 7.18. The lowest BCUT2D eigenvalue weighted by Crippen LogP contribution is -2.35. The van der Waals surface area contributed by atoms with Crippen LogP contribution in [-0.2, 0) is 24.3 Å². The van der Waals surface area contributed by atoms with Crippen LogP contribution < -0.4 is 0 Å². The smallest absolute Gasteiger partial charge is 0.222 e. The third-order valence-corrected chi connectivity index (χ3v) is 7.18. The van der Waals surface area contributed by atoms with E-state index < -0.39 is 0 Å². The molecule has 0 saturated carbocycles. The zero-order chi connectivity index (χ0) is 27.0. The number of carbonyl (C=O) groups excluding carboxylic acids is 1. The number of allylic oxidation sites excluding steroid dienone is 1.